The summed E-state index contributed by atoms with van der Waals surface area (Å²) in [5.41, 5.74) is 0. The number of aromatic amines is 1. The zero-order valence-corrected chi connectivity index (χ0v) is 10.5. The molecule has 0 aliphatic carbocycles. The number of aryl methyl sites for hydroxylation is 1. The van der Waals surface area contributed by atoms with E-state index in [0.717, 1.165) is 5.82 Å². The Bertz CT molecular complexity index is 518. The number of H-pyrrole nitrogens is 1. The number of aromatic nitrogens is 6. The Labute approximate surface area is 104 Å². The normalized spacial score (nSPS) is 12.4. The predicted molar refractivity (Wildman–Crippen MR) is 62.3 cm³/mol. The third-order valence-electron chi connectivity index (χ3n) is 2.59. The number of nitrogens with zero attached hydrogens (tertiary/aromatic N) is 6. The van der Waals surface area contributed by atoms with Gasteiger partial charge in [0.2, 0.25) is 5.91 Å². The molecule has 0 saturated heterocycles. The van der Waals surface area contributed by atoms with Gasteiger partial charge >= 0.3 is 0 Å². The van der Waals surface area contributed by atoms with Crippen LogP contribution in [-0.4, -0.2) is 47.8 Å². The van der Waals surface area contributed by atoms with E-state index in [1.807, 2.05) is 6.92 Å². The first-order valence-corrected chi connectivity index (χ1v) is 5.55. The molecule has 1 atom stereocenters. The van der Waals surface area contributed by atoms with Gasteiger partial charge in [-0.3, -0.25) is 9.89 Å². The standard InChI is InChI=1S/C10H15N7O/c1-7(17-6-11-5-12-17)10(18)16(3)4-9-13-8(2)14-15-9/h5-7H,4H2,1-3H3,(H,13,14,15). The Morgan fingerprint density at radius 1 is 1.61 bits per heavy atom. The summed E-state index contributed by atoms with van der Waals surface area (Å²) in [6.45, 7) is 3.95. The minimum Gasteiger partial charge on any atom is -0.336 e. The van der Waals surface area contributed by atoms with Crippen molar-refractivity contribution in [2.24, 2.45) is 0 Å². The van der Waals surface area contributed by atoms with E-state index < -0.39 is 6.04 Å². The van der Waals surface area contributed by atoms with Crippen molar-refractivity contribution in [3.8, 4) is 0 Å². The molecule has 0 spiro atoms. The molecule has 0 bridgehead atoms. The van der Waals surface area contributed by atoms with Crippen LogP contribution in [0.15, 0.2) is 12.7 Å². The van der Waals surface area contributed by atoms with Crippen molar-refractivity contribution >= 4 is 5.91 Å². The fourth-order valence-electron chi connectivity index (χ4n) is 1.60. The Hall–Kier alpha value is -2.25. The van der Waals surface area contributed by atoms with Crippen LogP contribution in [0.3, 0.4) is 0 Å². The molecule has 0 aliphatic rings. The van der Waals surface area contributed by atoms with E-state index in [1.165, 1.54) is 17.3 Å². The Kier molecular flexibility index (Phi) is 3.35. The van der Waals surface area contributed by atoms with Gasteiger partial charge in [-0.25, -0.2) is 14.6 Å². The molecule has 8 heteroatoms. The molecule has 0 fully saturated rings. The highest BCUT2D eigenvalue weighted by Gasteiger charge is 2.20. The van der Waals surface area contributed by atoms with Crippen molar-refractivity contribution in [2.75, 3.05) is 7.05 Å². The Morgan fingerprint density at radius 3 is 2.94 bits per heavy atom. The second kappa shape index (κ2) is 4.94. The number of carbonyl (C=O) groups excluding carboxylic acids is 1. The van der Waals surface area contributed by atoms with Crippen LogP contribution < -0.4 is 0 Å². The maximum atomic E-state index is 12.1. The number of nitrogens with one attached hydrogen (secondary N) is 1. The summed E-state index contributed by atoms with van der Waals surface area (Å²) in [4.78, 5) is 21.7. The molecule has 2 aromatic rings. The quantitative estimate of drug-likeness (QED) is 0.818. The smallest absolute Gasteiger partial charge is 0.247 e. The predicted octanol–water partition coefficient (Wildman–Crippen LogP) is -0.0758. The zero-order valence-electron chi connectivity index (χ0n) is 10.5. The molecule has 0 radical (unpaired) electrons. The van der Waals surface area contributed by atoms with E-state index in [2.05, 4.69) is 25.3 Å². The molecule has 8 nitrogen and oxygen atoms in total. The first kappa shape index (κ1) is 12.2. The molecule has 0 aliphatic heterocycles. The first-order chi connectivity index (χ1) is 8.58. The minimum absolute atomic E-state index is 0.0667. The van der Waals surface area contributed by atoms with Crippen LogP contribution in [0, 0.1) is 6.92 Å². The highest BCUT2D eigenvalue weighted by molar-refractivity contribution is 5.79. The lowest BCUT2D eigenvalue weighted by molar-refractivity contribution is -0.133. The third-order valence-corrected chi connectivity index (χ3v) is 2.59. The van der Waals surface area contributed by atoms with Crippen molar-refractivity contribution in [1.82, 2.24) is 34.8 Å². The molecule has 2 heterocycles. The van der Waals surface area contributed by atoms with Crippen LogP contribution in [-0.2, 0) is 11.3 Å². The third kappa shape index (κ3) is 2.53. The molecule has 1 unspecified atom stereocenters. The Balaban J connectivity index is 2.00. The molecule has 2 rings (SSSR count). The average Bonchev–Trinajstić information content (AvgIpc) is 2.98. The van der Waals surface area contributed by atoms with E-state index in [0.29, 0.717) is 12.4 Å². The highest BCUT2D eigenvalue weighted by Crippen LogP contribution is 2.08. The first-order valence-electron chi connectivity index (χ1n) is 5.55. The zero-order chi connectivity index (χ0) is 13.1. The van der Waals surface area contributed by atoms with Gasteiger partial charge in [-0.2, -0.15) is 10.2 Å². The summed E-state index contributed by atoms with van der Waals surface area (Å²) in [6.07, 6.45) is 2.93. The van der Waals surface area contributed by atoms with Gasteiger partial charge < -0.3 is 4.90 Å². The molecule has 18 heavy (non-hydrogen) atoms. The average molecular weight is 249 g/mol. The van der Waals surface area contributed by atoms with Crippen LogP contribution in [0.1, 0.15) is 24.6 Å². The minimum atomic E-state index is -0.391. The largest absolute Gasteiger partial charge is 0.336 e. The number of hydrogen-bond donors (Lipinski definition) is 1. The van der Waals surface area contributed by atoms with Crippen LogP contribution in [0.25, 0.3) is 0 Å². The van der Waals surface area contributed by atoms with Crippen molar-refractivity contribution in [3.05, 3.63) is 24.3 Å². The highest BCUT2D eigenvalue weighted by atomic mass is 16.2. The van der Waals surface area contributed by atoms with Crippen molar-refractivity contribution < 1.29 is 4.79 Å². The second-order valence-corrected chi connectivity index (χ2v) is 4.08. The number of carbonyl (C=O) groups is 1. The fourth-order valence-corrected chi connectivity index (χ4v) is 1.60. The summed E-state index contributed by atoms with van der Waals surface area (Å²) in [5.74, 6) is 1.26. The lowest BCUT2D eigenvalue weighted by atomic mass is 10.3. The molecule has 2 aromatic heterocycles. The summed E-state index contributed by atoms with van der Waals surface area (Å²) >= 11 is 0. The number of hydrogen-bond acceptors (Lipinski definition) is 5. The molecular formula is C10H15N7O. The second-order valence-electron chi connectivity index (χ2n) is 4.08. The van der Waals surface area contributed by atoms with Gasteiger partial charge in [-0.1, -0.05) is 0 Å². The number of amides is 1. The monoisotopic (exact) mass is 249 g/mol. The topological polar surface area (TPSA) is 92.6 Å². The van der Waals surface area contributed by atoms with Crippen LogP contribution >= 0.6 is 0 Å². The summed E-state index contributed by atoms with van der Waals surface area (Å²) < 4.78 is 1.52. The molecule has 1 amide bonds. The van der Waals surface area contributed by atoms with Crippen molar-refractivity contribution in [1.29, 1.82) is 0 Å². The molecule has 0 aromatic carbocycles. The van der Waals surface area contributed by atoms with E-state index >= 15 is 0 Å². The van der Waals surface area contributed by atoms with Gasteiger partial charge in [0, 0.05) is 7.05 Å². The van der Waals surface area contributed by atoms with Gasteiger partial charge in [-0.05, 0) is 13.8 Å². The van der Waals surface area contributed by atoms with Crippen molar-refractivity contribution in [2.45, 2.75) is 26.4 Å². The lowest BCUT2D eigenvalue weighted by Crippen LogP contribution is -2.33. The van der Waals surface area contributed by atoms with Crippen LogP contribution in [0.2, 0.25) is 0 Å². The van der Waals surface area contributed by atoms with E-state index in [1.54, 1.807) is 18.9 Å². The van der Waals surface area contributed by atoms with E-state index in [-0.39, 0.29) is 5.91 Å². The molecule has 0 saturated carbocycles. The maximum absolute atomic E-state index is 12.1. The molecular weight excluding hydrogens is 234 g/mol. The van der Waals surface area contributed by atoms with Gasteiger partial charge in [-0.15, -0.1) is 0 Å². The number of rotatable bonds is 4. The van der Waals surface area contributed by atoms with Gasteiger partial charge in [0.15, 0.2) is 5.82 Å². The van der Waals surface area contributed by atoms with E-state index in [9.17, 15) is 4.79 Å². The lowest BCUT2D eigenvalue weighted by Gasteiger charge is -2.19. The SMILES string of the molecule is Cc1nc(CN(C)C(=O)C(C)n2cncn2)n[nH]1. The Morgan fingerprint density at radius 2 is 2.39 bits per heavy atom. The summed E-state index contributed by atoms with van der Waals surface area (Å²) in [7, 11) is 1.71. The summed E-state index contributed by atoms with van der Waals surface area (Å²) in [5, 5.41) is 10.7. The molecule has 1 N–H and O–H groups in total. The number of likely N-dealkylation sites (N-methyl/N-ethyl adjacent to an activating group) is 1. The van der Waals surface area contributed by atoms with Gasteiger partial charge in [0.05, 0.1) is 6.54 Å². The van der Waals surface area contributed by atoms with Crippen LogP contribution in [0.4, 0.5) is 0 Å². The van der Waals surface area contributed by atoms with Crippen molar-refractivity contribution in [3.63, 3.8) is 0 Å². The van der Waals surface area contributed by atoms with Crippen LogP contribution in [0.5, 0.6) is 0 Å². The van der Waals surface area contributed by atoms with Gasteiger partial charge in [0.1, 0.15) is 24.5 Å². The van der Waals surface area contributed by atoms with Gasteiger partial charge in [0.25, 0.3) is 0 Å². The maximum Gasteiger partial charge on any atom is 0.247 e. The fraction of sp³-hybridized carbons (Fsp3) is 0.500. The summed E-state index contributed by atoms with van der Waals surface area (Å²) in [6, 6.07) is -0.391. The molecule has 96 valence electrons. The van der Waals surface area contributed by atoms with E-state index in [4.69, 9.17) is 0 Å².